The third-order valence-electron chi connectivity index (χ3n) is 5.51. The zero-order valence-electron chi connectivity index (χ0n) is 19.4. The summed E-state index contributed by atoms with van der Waals surface area (Å²) in [6.45, 7) is 1.41. The third kappa shape index (κ3) is 5.37. The molecule has 0 saturated carbocycles. The van der Waals surface area contributed by atoms with Crippen molar-refractivity contribution in [1.29, 1.82) is 0 Å². The molecular weight excluding hydrogens is 541 g/mol. The van der Waals surface area contributed by atoms with E-state index in [0.717, 1.165) is 6.07 Å². The molecule has 9 nitrogen and oxygen atoms in total. The van der Waals surface area contributed by atoms with Gasteiger partial charge in [0.15, 0.2) is 5.75 Å². The molecule has 0 aliphatic carbocycles. The van der Waals surface area contributed by atoms with Gasteiger partial charge in [0.25, 0.3) is 16.0 Å². The van der Waals surface area contributed by atoms with Crippen LogP contribution in [0.2, 0.25) is 10.0 Å². The average Bonchev–Trinajstić information content (AvgIpc) is 2.85. The Balaban J connectivity index is 1.81. The van der Waals surface area contributed by atoms with Crippen molar-refractivity contribution in [3.05, 3.63) is 81.8 Å². The highest BCUT2D eigenvalue weighted by molar-refractivity contribution is 7.85. The highest BCUT2D eigenvalue weighted by Crippen LogP contribution is 2.41. The van der Waals surface area contributed by atoms with E-state index in [1.165, 1.54) is 32.2 Å². The molecule has 4 rings (SSSR count). The van der Waals surface area contributed by atoms with Crippen molar-refractivity contribution in [3.63, 3.8) is 0 Å². The molecule has 3 N–H and O–H groups in total. The molecule has 0 aliphatic heterocycles. The number of benzene rings is 4. The predicted octanol–water partition coefficient (Wildman–Crippen LogP) is 7.08. The number of phenolic OH excluding ortho intramolecular Hbond substituents is 1. The maximum Gasteiger partial charge on any atom is 0.294 e. The number of amides is 1. The normalized spacial score (nSPS) is 11.7. The minimum Gasteiger partial charge on any atom is -0.505 e. The fraction of sp³-hybridized carbons (Fsp3) is 0.0800. The van der Waals surface area contributed by atoms with Gasteiger partial charge < -0.3 is 15.2 Å². The molecule has 0 radical (unpaired) electrons. The van der Waals surface area contributed by atoms with Crippen molar-refractivity contribution in [1.82, 2.24) is 0 Å². The Morgan fingerprint density at radius 1 is 0.973 bits per heavy atom. The van der Waals surface area contributed by atoms with Crippen molar-refractivity contribution in [2.45, 2.75) is 11.8 Å². The van der Waals surface area contributed by atoms with E-state index >= 15 is 0 Å². The lowest BCUT2D eigenvalue weighted by atomic mass is 10.0. The number of hydrogen-bond acceptors (Lipinski definition) is 7. The number of azo groups is 1. The molecule has 4 aromatic carbocycles. The molecule has 190 valence electrons. The Labute approximate surface area is 222 Å². The Hall–Kier alpha value is -3.70. The van der Waals surface area contributed by atoms with Crippen LogP contribution in [-0.4, -0.2) is 31.1 Å². The van der Waals surface area contributed by atoms with Crippen LogP contribution in [0, 0.1) is 6.92 Å². The van der Waals surface area contributed by atoms with Crippen LogP contribution in [0.1, 0.15) is 15.9 Å². The lowest BCUT2D eigenvalue weighted by molar-refractivity contribution is 0.102. The van der Waals surface area contributed by atoms with Crippen molar-refractivity contribution in [3.8, 4) is 11.5 Å². The van der Waals surface area contributed by atoms with Crippen LogP contribution in [-0.2, 0) is 10.1 Å². The number of halogens is 2. The second kappa shape index (κ2) is 10.3. The van der Waals surface area contributed by atoms with E-state index in [2.05, 4.69) is 15.5 Å². The number of aromatic hydroxyl groups is 1. The van der Waals surface area contributed by atoms with Gasteiger partial charge in [-0.1, -0.05) is 47.5 Å². The van der Waals surface area contributed by atoms with Crippen molar-refractivity contribution in [2.75, 3.05) is 12.4 Å². The molecule has 0 fully saturated rings. The summed E-state index contributed by atoms with van der Waals surface area (Å²) < 4.78 is 38.0. The van der Waals surface area contributed by atoms with E-state index in [-0.39, 0.29) is 32.4 Å². The zero-order chi connectivity index (χ0) is 26.9. The monoisotopic (exact) mass is 559 g/mol. The fourth-order valence-electron chi connectivity index (χ4n) is 3.68. The number of methoxy groups -OCH3 is 1. The first-order chi connectivity index (χ1) is 17.5. The van der Waals surface area contributed by atoms with E-state index in [4.69, 9.17) is 27.9 Å². The number of hydrogen-bond donors (Lipinski definition) is 3. The van der Waals surface area contributed by atoms with E-state index in [9.17, 15) is 22.9 Å². The van der Waals surface area contributed by atoms with E-state index in [1.807, 2.05) is 0 Å². The molecule has 0 spiro atoms. The number of nitrogens with one attached hydrogen (secondary N) is 1. The van der Waals surface area contributed by atoms with Gasteiger partial charge in [-0.05, 0) is 48.2 Å². The van der Waals surface area contributed by atoms with Crippen molar-refractivity contribution < 1.29 is 27.6 Å². The Kier molecular flexibility index (Phi) is 7.37. The van der Waals surface area contributed by atoms with E-state index < -0.39 is 21.8 Å². The highest BCUT2D eigenvalue weighted by Gasteiger charge is 2.21. The molecule has 4 aromatic rings. The van der Waals surface area contributed by atoms with Gasteiger partial charge in [-0.15, -0.1) is 10.2 Å². The first kappa shape index (κ1) is 26.4. The van der Waals surface area contributed by atoms with Gasteiger partial charge >= 0.3 is 0 Å². The summed E-state index contributed by atoms with van der Waals surface area (Å²) in [5.74, 6) is -0.733. The Bertz CT molecular complexity index is 1690. The first-order valence-corrected chi connectivity index (χ1v) is 12.8. The quantitative estimate of drug-likeness (QED) is 0.170. The topological polar surface area (TPSA) is 138 Å². The lowest BCUT2D eigenvalue weighted by Gasteiger charge is -2.12. The van der Waals surface area contributed by atoms with Crippen LogP contribution in [0.15, 0.2) is 75.8 Å². The van der Waals surface area contributed by atoms with E-state index in [1.54, 1.807) is 36.4 Å². The summed E-state index contributed by atoms with van der Waals surface area (Å²) in [5, 5.41) is 23.4. The molecular formula is C25H19Cl2N3O6S. The Morgan fingerprint density at radius 2 is 1.65 bits per heavy atom. The second-order valence-corrected chi connectivity index (χ2v) is 10.0. The molecule has 37 heavy (non-hydrogen) atoms. The summed E-state index contributed by atoms with van der Waals surface area (Å²) in [6, 6.07) is 15.5. The van der Waals surface area contributed by atoms with Crippen molar-refractivity contribution in [2.24, 2.45) is 10.2 Å². The number of anilines is 1. The van der Waals surface area contributed by atoms with E-state index in [0.29, 0.717) is 27.2 Å². The molecule has 0 atom stereocenters. The van der Waals surface area contributed by atoms with Crippen LogP contribution in [0.25, 0.3) is 10.8 Å². The van der Waals surface area contributed by atoms with Gasteiger partial charge in [0.05, 0.1) is 27.6 Å². The zero-order valence-corrected chi connectivity index (χ0v) is 21.7. The summed E-state index contributed by atoms with van der Waals surface area (Å²) in [5.41, 5.74) is 0.295. The third-order valence-corrected chi connectivity index (χ3v) is 7.12. The van der Waals surface area contributed by atoms with Gasteiger partial charge in [-0.3, -0.25) is 9.35 Å². The van der Waals surface area contributed by atoms with Gasteiger partial charge in [-0.25, -0.2) is 0 Å². The number of fused-ring (bicyclic) bond motifs is 1. The van der Waals surface area contributed by atoms with Gasteiger partial charge in [0.1, 0.15) is 17.1 Å². The number of phenols is 1. The molecule has 0 unspecified atom stereocenters. The number of carbonyl (C=O) groups is 1. The second-order valence-electron chi connectivity index (χ2n) is 7.84. The molecule has 0 aliphatic rings. The summed E-state index contributed by atoms with van der Waals surface area (Å²) >= 11 is 12.3. The molecule has 0 aromatic heterocycles. The minimum atomic E-state index is -4.53. The predicted molar refractivity (Wildman–Crippen MR) is 142 cm³/mol. The van der Waals surface area contributed by atoms with Crippen LogP contribution in [0.3, 0.4) is 0 Å². The number of nitrogens with zero attached hydrogens (tertiary/aromatic N) is 2. The van der Waals surface area contributed by atoms with Gasteiger partial charge in [0.2, 0.25) is 0 Å². The molecule has 12 heteroatoms. The average molecular weight is 560 g/mol. The number of carbonyl (C=O) groups excluding carboxylic acids is 1. The Morgan fingerprint density at radius 3 is 2.35 bits per heavy atom. The molecule has 0 saturated heterocycles. The number of ether oxygens (including phenoxy) is 1. The van der Waals surface area contributed by atoms with Crippen molar-refractivity contribution >= 4 is 67.1 Å². The molecule has 0 bridgehead atoms. The fourth-order valence-corrected chi connectivity index (χ4v) is 4.84. The largest absolute Gasteiger partial charge is 0.505 e. The lowest BCUT2D eigenvalue weighted by Crippen LogP contribution is -2.12. The summed E-state index contributed by atoms with van der Waals surface area (Å²) in [6.07, 6.45) is 0. The number of rotatable bonds is 6. The first-order valence-electron chi connectivity index (χ1n) is 10.6. The maximum atomic E-state index is 13.1. The van der Waals surface area contributed by atoms with Crippen LogP contribution >= 0.6 is 23.2 Å². The smallest absolute Gasteiger partial charge is 0.294 e. The van der Waals surface area contributed by atoms with Crippen LogP contribution < -0.4 is 10.1 Å². The summed E-state index contributed by atoms with van der Waals surface area (Å²) in [4.78, 5) is 12.7. The molecule has 1 amide bonds. The molecule has 0 heterocycles. The van der Waals surface area contributed by atoms with Gasteiger partial charge in [-0.2, -0.15) is 8.42 Å². The van der Waals surface area contributed by atoms with Crippen LogP contribution in [0.4, 0.5) is 17.1 Å². The summed E-state index contributed by atoms with van der Waals surface area (Å²) in [7, 11) is -3.09. The highest BCUT2D eigenvalue weighted by atomic mass is 35.5. The van der Waals surface area contributed by atoms with Gasteiger partial charge in [0, 0.05) is 17.1 Å². The minimum absolute atomic E-state index is 0.0246. The standard InChI is InChI=1S/C25H19Cl2N3O6S/c1-13-21(37(33,34)35)10-9-19(27)22(13)29-30-23-16-6-4-3-5-14(16)11-17(24(23)31)25(32)28-15-7-8-18(26)20(12-15)36-2/h3-12,31H,1-2H3,(H,28,32)(H,33,34,35). The maximum absolute atomic E-state index is 13.1. The van der Waals surface area contributed by atoms with Crippen LogP contribution in [0.5, 0.6) is 11.5 Å². The SMILES string of the molecule is COc1cc(NC(=O)c2cc3ccccc3c(N=Nc3c(Cl)ccc(S(=O)(=O)O)c3C)c2O)ccc1Cl.